The second kappa shape index (κ2) is 6.56. The quantitative estimate of drug-likeness (QED) is 0.649. The lowest BCUT2D eigenvalue weighted by atomic mass is 10.3. The van der Waals surface area contributed by atoms with Crippen LogP contribution in [0.15, 0.2) is 36.4 Å². The highest BCUT2D eigenvalue weighted by Crippen LogP contribution is 2.27. The van der Waals surface area contributed by atoms with Gasteiger partial charge in [-0.2, -0.15) is 4.98 Å². The van der Waals surface area contributed by atoms with Crippen molar-refractivity contribution in [1.29, 1.82) is 0 Å². The van der Waals surface area contributed by atoms with E-state index in [0.717, 1.165) is 0 Å². The predicted molar refractivity (Wildman–Crippen MR) is 78.1 cm³/mol. The Hall–Kier alpha value is -2.83. The van der Waals surface area contributed by atoms with Gasteiger partial charge in [0.15, 0.2) is 0 Å². The topological polar surface area (TPSA) is 86.5 Å². The van der Waals surface area contributed by atoms with Crippen molar-refractivity contribution in [2.75, 3.05) is 19.0 Å². The van der Waals surface area contributed by atoms with Gasteiger partial charge >= 0.3 is 0 Å². The van der Waals surface area contributed by atoms with Gasteiger partial charge in [0, 0.05) is 6.54 Å². The first-order chi connectivity index (χ1) is 10.1. The van der Waals surface area contributed by atoms with Crippen LogP contribution in [0.4, 0.5) is 11.5 Å². The van der Waals surface area contributed by atoms with Gasteiger partial charge in [-0.1, -0.05) is 0 Å². The van der Waals surface area contributed by atoms with Crippen molar-refractivity contribution in [3.05, 3.63) is 46.5 Å². The number of nitrogens with one attached hydrogen (secondary N) is 1. The first kappa shape index (κ1) is 14.6. The molecule has 7 heteroatoms. The minimum atomic E-state index is -0.483. The molecular weight excluding hydrogens is 274 g/mol. The molecule has 0 atom stereocenters. The molecule has 0 fully saturated rings. The van der Waals surface area contributed by atoms with E-state index in [-0.39, 0.29) is 11.6 Å². The average Bonchev–Trinajstić information content (AvgIpc) is 2.48. The van der Waals surface area contributed by atoms with Crippen LogP contribution in [0, 0.1) is 10.1 Å². The zero-order valence-electron chi connectivity index (χ0n) is 11.7. The molecule has 0 radical (unpaired) electrons. The summed E-state index contributed by atoms with van der Waals surface area (Å²) in [7, 11) is 1.57. The highest BCUT2D eigenvalue weighted by atomic mass is 16.6. The summed E-state index contributed by atoms with van der Waals surface area (Å²) in [6, 6.07) is 9.52. The molecule has 0 aliphatic carbocycles. The third-order valence-corrected chi connectivity index (χ3v) is 2.64. The summed E-state index contributed by atoms with van der Waals surface area (Å²) in [5.74, 6) is 1.77. The molecule has 21 heavy (non-hydrogen) atoms. The van der Waals surface area contributed by atoms with E-state index in [9.17, 15) is 10.1 Å². The number of benzene rings is 1. The molecule has 7 nitrogen and oxygen atoms in total. The fourth-order valence-electron chi connectivity index (χ4n) is 1.69. The molecule has 0 saturated carbocycles. The Kier molecular flexibility index (Phi) is 4.55. The molecule has 0 saturated heterocycles. The predicted octanol–water partition coefficient (Wildman–Crippen LogP) is 3.22. The maximum atomic E-state index is 10.9. The van der Waals surface area contributed by atoms with E-state index in [1.807, 2.05) is 6.92 Å². The molecule has 1 heterocycles. The zero-order chi connectivity index (χ0) is 15.2. The lowest BCUT2D eigenvalue weighted by molar-refractivity contribution is -0.384. The number of methoxy groups -OCH3 is 1. The van der Waals surface area contributed by atoms with Crippen molar-refractivity contribution < 1.29 is 14.4 Å². The first-order valence-electron chi connectivity index (χ1n) is 6.34. The molecule has 1 aromatic carbocycles. The lowest BCUT2D eigenvalue weighted by Gasteiger charge is -2.08. The minimum Gasteiger partial charge on any atom is -0.497 e. The summed E-state index contributed by atoms with van der Waals surface area (Å²) >= 11 is 0. The van der Waals surface area contributed by atoms with Crippen LogP contribution in [0.25, 0.3) is 0 Å². The second-order valence-electron chi connectivity index (χ2n) is 4.11. The Morgan fingerprint density at radius 3 is 2.48 bits per heavy atom. The second-order valence-corrected chi connectivity index (χ2v) is 4.11. The molecule has 2 rings (SSSR count). The number of hydrogen-bond acceptors (Lipinski definition) is 6. The van der Waals surface area contributed by atoms with E-state index in [1.54, 1.807) is 31.4 Å². The molecule has 1 N–H and O–H groups in total. The van der Waals surface area contributed by atoms with E-state index >= 15 is 0 Å². The number of rotatable bonds is 6. The fourth-order valence-corrected chi connectivity index (χ4v) is 1.69. The van der Waals surface area contributed by atoms with Crippen molar-refractivity contribution in [3.8, 4) is 17.4 Å². The number of pyridine rings is 1. The van der Waals surface area contributed by atoms with Gasteiger partial charge in [-0.3, -0.25) is 10.1 Å². The van der Waals surface area contributed by atoms with Crippen LogP contribution in [0.5, 0.6) is 17.4 Å². The van der Waals surface area contributed by atoms with E-state index < -0.39 is 4.92 Å². The minimum absolute atomic E-state index is 0.0792. The van der Waals surface area contributed by atoms with Gasteiger partial charge in [0.1, 0.15) is 17.3 Å². The monoisotopic (exact) mass is 289 g/mol. The van der Waals surface area contributed by atoms with E-state index in [2.05, 4.69) is 10.3 Å². The Balaban J connectivity index is 2.26. The van der Waals surface area contributed by atoms with Crippen molar-refractivity contribution in [2.24, 2.45) is 0 Å². The third-order valence-electron chi connectivity index (χ3n) is 2.64. The third kappa shape index (κ3) is 3.82. The van der Waals surface area contributed by atoms with E-state index in [0.29, 0.717) is 23.9 Å². The van der Waals surface area contributed by atoms with Crippen LogP contribution >= 0.6 is 0 Å². The molecule has 0 amide bonds. The number of anilines is 1. The van der Waals surface area contributed by atoms with Crippen LogP contribution in [0.1, 0.15) is 6.92 Å². The smallest absolute Gasteiger partial charge is 0.278 e. The van der Waals surface area contributed by atoms with Gasteiger partial charge in [0.25, 0.3) is 5.69 Å². The summed E-state index contributed by atoms with van der Waals surface area (Å²) in [6.07, 6.45) is 0. The van der Waals surface area contributed by atoms with Gasteiger partial charge in [-0.15, -0.1) is 0 Å². The van der Waals surface area contributed by atoms with Crippen LogP contribution in [-0.2, 0) is 0 Å². The summed E-state index contributed by atoms with van der Waals surface area (Å²) in [6.45, 7) is 2.49. The van der Waals surface area contributed by atoms with Crippen LogP contribution in [0.2, 0.25) is 0 Å². The number of ether oxygens (including phenoxy) is 2. The van der Waals surface area contributed by atoms with Crippen LogP contribution < -0.4 is 14.8 Å². The summed E-state index contributed by atoms with van der Waals surface area (Å²) < 4.78 is 10.6. The maximum absolute atomic E-state index is 10.9. The Labute approximate surface area is 121 Å². The Bertz CT molecular complexity index is 629. The van der Waals surface area contributed by atoms with Gasteiger partial charge in [-0.05, 0) is 31.2 Å². The molecule has 110 valence electrons. The lowest BCUT2D eigenvalue weighted by Crippen LogP contribution is -2.01. The molecule has 0 aliphatic rings. The SMILES string of the molecule is CCNc1cc([N+](=O)[O-])cc(Oc2ccc(OC)cc2)n1. The number of nitro groups is 1. The van der Waals surface area contributed by atoms with Crippen molar-refractivity contribution in [1.82, 2.24) is 4.98 Å². The molecule has 0 bridgehead atoms. The van der Waals surface area contributed by atoms with Gasteiger partial charge in [0.2, 0.25) is 5.88 Å². The van der Waals surface area contributed by atoms with E-state index in [4.69, 9.17) is 9.47 Å². The summed E-state index contributed by atoms with van der Waals surface area (Å²) in [5.41, 5.74) is -0.0792. The molecular formula is C14H15N3O4. The summed E-state index contributed by atoms with van der Waals surface area (Å²) in [4.78, 5) is 14.6. The number of nitrogens with zero attached hydrogens (tertiary/aromatic N) is 2. The largest absolute Gasteiger partial charge is 0.497 e. The number of hydrogen-bond donors (Lipinski definition) is 1. The van der Waals surface area contributed by atoms with Crippen LogP contribution in [0.3, 0.4) is 0 Å². The average molecular weight is 289 g/mol. The molecule has 2 aromatic rings. The van der Waals surface area contributed by atoms with E-state index in [1.165, 1.54) is 12.1 Å². The van der Waals surface area contributed by atoms with Crippen LogP contribution in [-0.4, -0.2) is 23.6 Å². The Morgan fingerprint density at radius 1 is 1.24 bits per heavy atom. The Morgan fingerprint density at radius 2 is 1.90 bits per heavy atom. The molecule has 0 spiro atoms. The van der Waals surface area contributed by atoms with Gasteiger partial charge < -0.3 is 14.8 Å². The van der Waals surface area contributed by atoms with Gasteiger partial charge in [-0.25, -0.2) is 0 Å². The van der Waals surface area contributed by atoms with Crippen molar-refractivity contribution >= 4 is 11.5 Å². The summed E-state index contributed by atoms with van der Waals surface area (Å²) in [5, 5.41) is 13.9. The molecule has 0 unspecified atom stereocenters. The normalized spacial score (nSPS) is 10.0. The standard InChI is InChI=1S/C14H15N3O4/c1-3-15-13-8-10(17(18)19)9-14(16-13)21-12-6-4-11(20-2)5-7-12/h4-9H,3H2,1-2H3,(H,15,16). The highest BCUT2D eigenvalue weighted by molar-refractivity contribution is 5.49. The van der Waals surface area contributed by atoms with Crippen molar-refractivity contribution in [2.45, 2.75) is 6.92 Å². The highest BCUT2D eigenvalue weighted by Gasteiger charge is 2.12. The number of aromatic nitrogens is 1. The molecule has 0 aliphatic heterocycles. The van der Waals surface area contributed by atoms with Gasteiger partial charge in [0.05, 0.1) is 24.2 Å². The van der Waals surface area contributed by atoms with Crippen molar-refractivity contribution in [3.63, 3.8) is 0 Å². The molecule has 1 aromatic heterocycles. The fraction of sp³-hybridized carbons (Fsp3) is 0.214. The maximum Gasteiger partial charge on any atom is 0.278 e. The zero-order valence-corrected chi connectivity index (χ0v) is 11.7. The first-order valence-corrected chi connectivity index (χ1v) is 6.34.